The van der Waals surface area contributed by atoms with Crippen LogP contribution in [0.15, 0.2) is 40.9 Å². The second-order valence-corrected chi connectivity index (χ2v) is 4.97. The topological polar surface area (TPSA) is 20.2 Å². The zero-order valence-corrected chi connectivity index (χ0v) is 11.3. The van der Waals surface area contributed by atoms with Crippen molar-refractivity contribution in [2.75, 3.05) is 0 Å². The third kappa shape index (κ3) is 3.16. The van der Waals surface area contributed by atoms with Crippen LogP contribution in [0.5, 0.6) is 0 Å². The van der Waals surface area contributed by atoms with Gasteiger partial charge in [0.2, 0.25) is 0 Å². The summed E-state index contributed by atoms with van der Waals surface area (Å²) in [6.45, 7) is 0. The van der Waals surface area contributed by atoms with Crippen LogP contribution < -0.4 is 0 Å². The van der Waals surface area contributed by atoms with Crippen LogP contribution in [0.4, 0.5) is 13.2 Å². The molecule has 0 aromatic heterocycles. The minimum absolute atomic E-state index is 0.0687. The van der Waals surface area contributed by atoms with E-state index in [2.05, 4.69) is 15.9 Å². The van der Waals surface area contributed by atoms with Gasteiger partial charge in [-0.25, -0.2) is 13.2 Å². The Morgan fingerprint density at radius 3 is 2.47 bits per heavy atom. The highest BCUT2D eigenvalue weighted by molar-refractivity contribution is 9.10. The van der Waals surface area contributed by atoms with Crippen molar-refractivity contribution in [3.8, 4) is 0 Å². The third-order valence-electron chi connectivity index (χ3n) is 2.75. The zero-order chi connectivity index (χ0) is 14.0. The molecule has 0 heterocycles. The van der Waals surface area contributed by atoms with Gasteiger partial charge in [0, 0.05) is 12.0 Å². The van der Waals surface area contributed by atoms with Crippen LogP contribution in [0.1, 0.15) is 17.2 Å². The summed E-state index contributed by atoms with van der Waals surface area (Å²) in [5.74, 6) is -2.48. The number of halogens is 4. The van der Waals surface area contributed by atoms with E-state index < -0.39 is 23.6 Å². The molecule has 2 aromatic rings. The van der Waals surface area contributed by atoms with Crippen LogP contribution in [0.2, 0.25) is 0 Å². The van der Waals surface area contributed by atoms with E-state index in [0.717, 1.165) is 6.07 Å². The van der Waals surface area contributed by atoms with Gasteiger partial charge in [-0.1, -0.05) is 18.2 Å². The molecule has 1 nitrogen and oxygen atoms in total. The Kier molecular flexibility index (Phi) is 4.27. The molecule has 2 rings (SSSR count). The lowest BCUT2D eigenvalue weighted by molar-refractivity contribution is 0.172. The van der Waals surface area contributed by atoms with Crippen molar-refractivity contribution in [2.24, 2.45) is 0 Å². The smallest absolute Gasteiger partial charge is 0.164 e. The molecule has 0 aliphatic heterocycles. The lowest BCUT2D eigenvalue weighted by Gasteiger charge is -2.12. The Morgan fingerprint density at radius 1 is 1.05 bits per heavy atom. The maximum atomic E-state index is 13.5. The largest absolute Gasteiger partial charge is 0.388 e. The van der Waals surface area contributed by atoms with Crippen molar-refractivity contribution in [1.82, 2.24) is 0 Å². The Labute approximate surface area is 116 Å². The SMILES string of the molecule is OC(Cc1ccc(F)c(Br)c1)c1cccc(F)c1F. The van der Waals surface area contributed by atoms with Gasteiger partial charge in [0.05, 0.1) is 10.6 Å². The minimum Gasteiger partial charge on any atom is -0.388 e. The molecule has 19 heavy (non-hydrogen) atoms. The second kappa shape index (κ2) is 5.75. The molecule has 2 aromatic carbocycles. The van der Waals surface area contributed by atoms with Crippen LogP contribution >= 0.6 is 15.9 Å². The van der Waals surface area contributed by atoms with Gasteiger partial charge in [0.15, 0.2) is 11.6 Å². The van der Waals surface area contributed by atoms with E-state index >= 15 is 0 Å². The standard InChI is InChI=1S/C14H10BrF3O/c15-10-6-8(4-5-11(10)16)7-13(19)9-2-1-3-12(17)14(9)18/h1-6,13,19H,7H2. The summed E-state index contributed by atoms with van der Waals surface area (Å²) >= 11 is 3.03. The molecule has 0 fully saturated rings. The van der Waals surface area contributed by atoms with Gasteiger partial charge in [-0.3, -0.25) is 0 Å². The first-order valence-electron chi connectivity index (χ1n) is 5.55. The minimum atomic E-state index is -1.19. The van der Waals surface area contributed by atoms with Crippen molar-refractivity contribution in [1.29, 1.82) is 0 Å². The average molecular weight is 331 g/mol. The van der Waals surface area contributed by atoms with E-state index in [0.29, 0.717) is 5.56 Å². The van der Waals surface area contributed by atoms with Crippen molar-refractivity contribution in [3.63, 3.8) is 0 Å². The normalized spacial score (nSPS) is 12.5. The molecule has 0 saturated carbocycles. The number of hydrogen-bond acceptors (Lipinski definition) is 1. The lowest BCUT2D eigenvalue weighted by Crippen LogP contribution is -2.06. The summed E-state index contributed by atoms with van der Waals surface area (Å²) in [5, 5.41) is 9.92. The molecule has 0 aliphatic carbocycles. The summed E-state index contributed by atoms with van der Waals surface area (Å²) in [4.78, 5) is 0. The van der Waals surface area contributed by atoms with Crippen LogP contribution in [0, 0.1) is 17.5 Å². The van der Waals surface area contributed by atoms with E-state index in [1.54, 1.807) is 0 Å². The first-order chi connectivity index (χ1) is 8.99. The van der Waals surface area contributed by atoms with Crippen molar-refractivity contribution < 1.29 is 18.3 Å². The fourth-order valence-electron chi connectivity index (χ4n) is 1.78. The molecule has 1 atom stereocenters. The highest BCUT2D eigenvalue weighted by Crippen LogP contribution is 2.24. The van der Waals surface area contributed by atoms with Crippen molar-refractivity contribution >= 4 is 15.9 Å². The Bertz CT molecular complexity index is 601. The first-order valence-corrected chi connectivity index (χ1v) is 6.34. The van der Waals surface area contributed by atoms with E-state index in [1.807, 2.05) is 0 Å². The molecular formula is C14H10BrF3O. The van der Waals surface area contributed by atoms with E-state index in [-0.39, 0.29) is 16.5 Å². The van der Waals surface area contributed by atoms with Gasteiger partial charge in [-0.05, 0) is 39.7 Å². The fourth-order valence-corrected chi connectivity index (χ4v) is 2.20. The maximum absolute atomic E-state index is 13.5. The summed E-state index contributed by atoms with van der Waals surface area (Å²) in [6.07, 6.45) is -1.12. The van der Waals surface area contributed by atoms with Crippen molar-refractivity contribution in [2.45, 2.75) is 12.5 Å². The third-order valence-corrected chi connectivity index (χ3v) is 3.36. The summed E-state index contributed by atoms with van der Waals surface area (Å²) in [5.41, 5.74) is 0.505. The molecule has 0 amide bonds. The van der Waals surface area contributed by atoms with Gasteiger partial charge in [-0.15, -0.1) is 0 Å². The monoisotopic (exact) mass is 330 g/mol. The van der Waals surface area contributed by atoms with Gasteiger partial charge in [0.1, 0.15) is 5.82 Å². The van der Waals surface area contributed by atoms with E-state index in [4.69, 9.17) is 0 Å². The van der Waals surface area contributed by atoms with Gasteiger partial charge in [-0.2, -0.15) is 0 Å². The van der Waals surface area contributed by atoms with Crippen molar-refractivity contribution in [3.05, 3.63) is 69.4 Å². The Balaban J connectivity index is 2.23. The molecule has 100 valence electrons. The number of aliphatic hydroxyl groups is 1. The average Bonchev–Trinajstić information content (AvgIpc) is 2.37. The number of hydrogen-bond donors (Lipinski definition) is 1. The van der Waals surface area contributed by atoms with Crippen LogP contribution in [0.25, 0.3) is 0 Å². The van der Waals surface area contributed by atoms with E-state index in [9.17, 15) is 18.3 Å². The molecule has 1 N–H and O–H groups in total. The maximum Gasteiger partial charge on any atom is 0.164 e. The quantitative estimate of drug-likeness (QED) is 0.896. The Morgan fingerprint density at radius 2 is 1.79 bits per heavy atom. The van der Waals surface area contributed by atoms with Gasteiger partial charge in [0.25, 0.3) is 0 Å². The molecule has 0 aliphatic rings. The molecule has 5 heteroatoms. The molecule has 0 spiro atoms. The molecule has 1 unspecified atom stereocenters. The van der Waals surface area contributed by atoms with Gasteiger partial charge >= 0.3 is 0 Å². The number of rotatable bonds is 3. The number of aliphatic hydroxyl groups excluding tert-OH is 1. The molecule has 0 saturated heterocycles. The summed E-state index contributed by atoms with van der Waals surface area (Å²) < 4.78 is 39.9. The predicted octanol–water partition coefficient (Wildman–Crippen LogP) is 4.14. The highest BCUT2D eigenvalue weighted by atomic mass is 79.9. The molecule has 0 bridgehead atoms. The zero-order valence-electron chi connectivity index (χ0n) is 9.71. The second-order valence-electron chi connectivity index (χ2n) is 4.11. The van der Waals surface area contributed by atoms with Gasteiger partial charge < -0.3 is 5.11 Å². The number of benzene rings is 2. The lowest BCUT2D eigenvalue weighted by atomic mass is 10.0. The van der Waals surface area contributed by atoms with Crippen LogP contribution in [-0.2, 0) is 6.42 Å². The Hall–Kier alpha value is -1.33. The first kappa shape index (κ1) is 14.1. The van der Waals surface area contributed by atoms with Crippen LogP contribution in [-0.4, -0.2) is 5.11 Å². The highest BCUT2D eigenvalue weighted by Gasteiger charge is 2.16. The van der Waals surface area contributed by atoms with E-state index in [1.165, 1.54) is 30.3 Å². The predicted molar refractivity (Wildman–Crippen MR) is 69.1 cm³/mol. The summed E-state index contributed by atoms with van der Waals surface area (Å²) in [6, 6.07) is 7.86. The molecule has 0 radical (unpaired) electrons. The van der Waals surface area contributed by atoms with Crippen LogP contribution in [0.3, 0.4) is 0 Å². The fraction of sp³-hybridized carbons (Fsp3) is 0.143. The summed E-state index contributed by atoms with van der Waals surface area (Å²) in [7, 11) is 0. The molecular weight excluding hydrogens is 321 g/mol.